The van der Waals surface area contributed by atoms with E-state index in [1.165, 1.54) is 10.4 Å². The molecule has 2 aromatic carbocycles. The minimum Gasteiger partial charge on any atom is -0.439 e. The van der Waals surface area contributed by atoms with E-state index in [1.807, 2.05) is 36.4 Å². The van der Waals surface area contributed by atoms with Gasteiger partial charge in [-0.2, -0.15) is 0 Å². The van der Waals surface area contributed by atoms with E-state index in [4.69, 9.17) is 9.16 Å². The molecule has 2 aromatic rings. The molecule has 4 heteroatoms. The molecule has 0 aliphatic rings. The van der Waals surface area contributed by atoms with Crippen LogP contribution in [0.3, 0.4) is 0 Å². The molecular formula is C20H26O3Si. The van der Waals surface area contributed by atoms with E-state index in [0.717, 1.165) is 0 Å². The van der Waals surface area contributed by atoms with Crippen LogP contribution in [-0.2, 0) is 14.0 Å². The number of benzene rings is 2. The van der Waals surface area contributed by atoms with E-state index < -0.39 is 8.32 Å². The molecule has 0 aromatic heterocycles. The molecule has 0 unspecified atom stereocenters. The number of carbonyl (C=O) groups excluding carboxylic acids is 1. The van der Waals surface area contributed by atoms with Crippen LogP contribution < -0.4 is 10.4 Å². The summed E-state index contributed by atoms with van der Waals surface area (Å²) in [7, 11) is -2.61. The third-order valence-electron chi connectivity index (χ3n) is 4.20. The molecule has 0 aliphatic heterocycles. The summed E-state index contributed by atoms with van der Waals surface area (Å²) in [6, 6.07) is 20.6. The molecule has 0 saturated heterocycles. The van der Waals surface area contributed by atoms with Gasteiger partial charge in [0, 0.05) is 6.42 Å². The minimum absolute atomic E-state index is 0.0139. The van der Waals surface area contributed by atoms with Crippen LogP contribution in [0.2, 0.25) is 5.04 Å². The molecule has 0 N–H and O–H groups in total. The molecule has 3 nitrogen and oxygen atoms in total. The zero-order chi connectivity index (χ0) is 17.6. The lowest BCUT2D eigenvalue weighted by Gasteiger charge is -2.42. The lowest BCUT2D eigenvalue weighted by atomic mass is 10.2. The van der Waals surface area contributed by atoms with Crippen molar-refractivity contribution in [3.8, 4) is 0 Å². The predicted octanol–water partition coefficient (Wildman–Crippen LogP) is 3.47. The van der Waals surface area contributed by atoms with Gasteiger partial charge in [0.1, 0.15) is 0 Å². The van der Waals surface area contributed by atoms with Gasteiger partial charge < -0.3 is 9.16 Å². The smallest absolute Gasteiger partial charge is 0.307 e. The summed E-state index contributed by atoms with van der Waals surface area (Å²) in [6.07, 6.45) is 0.351. The Bertz CT molecular complexity index is 608. The van der Waals surface area contributed by atoms with Gasteiger partial charge in [-0.3, -0.25) is 4.79 Å². The lowest BCUT2D eigenvalue weighted by molar-refractivity contribution is -0.150. The topological polar surface area (TPSA) is 35.5 Å². The Balaban J connectivity index is 2.51. The third kappa shape index (κ3) is 3.76. The molecule has 0 radical (unpaired) electrons. The van der Waals surface area contributed by atoms with Crippen molar-refractivity contribution in [2.75, 3.05) is 6.79 Å². The summed E-state index contributed by atoms with van der Waals surface area (Å²) in [5.41, 5.74) is 0. The van der Waals surface area contributed by atoms with Crippen molar-refractivity contribution in [3.05, 3.63) is 60.7 Å². The van der Waals surface area contributed by atoms with Crippen LogP contribution in [0.25, 0.3) is 0 Å². The first-order valence-corrected chi connectivity index (χ1v) is 10.2. The highest BCUT2D eigenvalue weighted by Gasteiger charge is 2.50. The van der Waals surface area contributed by atoms with Crippen molar-refractivity contribution in [1.29, 1.82) is 0 Å². The second-order valence-corrected chi connectivity index (χ2v) is 11.1. The second kappa shape index (κ2) is 7.77. The van der Waals surface area contributed by atoms with E-state index in [9.17, 15) is 4.79 Å². The fourth-order valence-electron chi connectivity index (χ4n) is 3.05. The fourth-order valence-corrected chi connectivity index (χ4v) is 7.44. The standard InChI is InChI=1S/C20H26O3Si/c1-5-19(21)22-16-23-24(20(2,3)4,17-12-8-6-9-13-17)18-14-10-7-11-15-18/h6-15H,5,16H2,1-4H3. The Hall–Kier alpha value is -1.91. The first-order chi connectivity index (χ1) is 11.4. The van der Waals surface area contributed by atoms with E-state index in [2.05, 4.69) is 45.0 Å². The van der Waals surface area contributed by atoms with Gasteiger partial charge in [0.25, 0.3) is 8.32 Å². The van der Waals surface area contributed by atoms with Gasteiger partial charge in [-0.15, -0.1) is 0 Å². The predicted molar refractivity (Wildman–Crippen MR) is 100.0 cm³/mol. The quantitative estimate of drug-likeness (QED) is 0.458. The van der Waals surface area contributed by atoms with Crippen LogP contribution in [0.5, 0.6) is 0 Å². The minimum atomic E-state index is -2.61. The van der Waals surface area contributed by atoms with Crippen LogP contribution in [-0.4, -0.2) is 21.1 Å². The van der Waals surface area contributed by atoms with Gasteiger partial charge in [0.05, 0.1) is 0 Å². The van der Waals surface area contributed by atoms with Gasteiger partial charge in [-0.1, -0.05) is 88.4 Å². The van der Waals surface area contributed by atoms with Crippen LogP contribution in [0, 0.1) is 0 Å². The van der Waals surface area contributed by atoms with E-state index >= 15 is 0 Å². The maximum Gasteiger partial charge on any atom is 0.307 e. The number of hydrogen-bond donors (Lipinski definition) is 0. The average Bonchev–Trinajstić information content (AvgIpc) is 2.59. The van der Waals surface area contributed by atoms with E-state index in [1.54, 1.807) is 6.92 Å². The maximum atomic E-state index is 11.5. The molecule has 0 bridgehead atoms. The molecule has 0 amide bonds. The maximum absolute atomic E-state index is 11.5. The third-order valence-corrected chi connectivity index (χ3v) is 9.16. The Kier molecular flexibility index (Phi) is 5.97. The largest absolute Gasteiger partial charge is 0.439 e. The summed E-state index contributed by atoms with van der Waals surface area (Å²) in [5.74, 6) is -0.243. The number of esters is 1. The van der Waals surface area contributed by atoms with Crippen molar-refractivity contribution in [2.24, 2.45) is 0 Å². The van der Waals surface area contributed by atoms with Crippen molar-refractivity contribution < 1.29 is 14.0 Å². The summed E-state index contributed by atoms with van der Waals surface area (Å²) >= 11 is 0. The van der Waals surface area contributed by atoms with Gasteiger partial charge in [-0.25, -0.2) is 0 Å². The highest BCUT2D eigenvalue weighted by molar-refractivity contribution is 6.99. The Morgan fingerprint density at radius 1 is 0.917 bits per heavy atom. The Labute approximate surface area is 145 Å². The summed E-state index contributed by atoms with van der Waals surface area (Å²) < 4.78 is 11.7. The number of hydrogen-bond acceptors (Lipinski definition) is 3. The average molecular weight is 343 g/mol. The first kappa shape index (κ1) is 18.4. The SMILES string of the molecule is CCC(=O)OCO[Si](c1ccccc1)(c1ccccc1)C(C)(C)C. The molecule has 24 heavy (non-hydrogen) atoms. The second-order valence-electron chi connectivity index (χ2n) is 6.80. The summed E-state index contributed by atoms with van der Waals surface area (Å²) in [4.78, 5) is 11.5. The Morgan fingerprint density at radius 2 is 1.38 bits per heavy atom. The monoisotopic (exact) mass is 342 g/mol. The van der Waals surface area contributed by atoms with E-state index in [-0.39, 0.29) is 17.8 Å². The van der Waals surface area contributed by atoms with Crippen LogP contribution >= 0.6 is 0 Å². The van der Waals surface area contributed by atoms with Crippen molar-refractivity contribution in [1.82, 2.24) is 0 Å². The molecule has 0 spiro atoms. The van der Waals surface area contributed by atoms with Crippen LogP contribution in [0.15, 0.2) is 60.7 Å². The molecule has 0 saturated carbocycles. The van der Waals surface area contributed by atoms with Crippen LogP contribution in [0.4, 0.5) is 0 Å². The molecular weight excluding hydrogens is 316 g/mol. The molecule has 0 aliphatic carbocycles. The highest BCUT2D eigenvalue weighted by atomic mass is 28.4. The normalized spacial score (nSPS) is 12.0. The zero-order valence-corrected chi connectivity index (χ0v) is 15.9. The summed E-state index contributed by atoms with van der Waals surface area (Å²) in [6.45, 7) is 8.35. The Morgan fingerprint density at radius 3 is 1.75 bits per heavy atom. The van der Waals surface area contributed by atoms with Gasteiger partial charge in [0.15, 0.2) is 6.79 Å². The van der Waals surface area contributed by atoms with Gasteiger partial charge in [-0.05, 0) is 15.4 Å². The highest BCUT2D eigenvalue weighted by Crippen LogP contribution is 2.36. The zero-order valence-electron chi connectivity index (χ0n) is 14.9. The lowest BCUT2D eigenvalue weighted by Crippen LogP contribution is -2.66. The molecule has 128 valence electrons. The molecule has 0 fully saturated rings. The fraction of sp³-hybridized carbons (Fsp3) is 0.350. The number of carbonyl (C=O) groups is 1. The van der Waals surface area contributed by atoms with Crippen molar-refractivity contribution in [3.63, 3.8) is 0 Å². The first-order valence-electron chi connectivity index (χ1n) is 8.32. The van der Waals surface area contributed by atoms with Crippen LogP contribution in [0.1, 0.15) is 34.1 Å². The molecule has 0 atom stereocenters. The van der Waals surface area contributed by atoms with E-state index in [0.29, 0.717) is 6.42 Å². The summed E-state index contributed by atoms with van der Waals surface area (Å²) in [5, 5.41) is 2.24. The van der Waals surface area contributed by atoms with Gasteiger partial charge >= 0.3 is 5.97 Å². The number of ether oxygens (including phenoxy) is 1. The van der Waals surface area contributed by atoms with Crippen molar-refractivity contribution in [2.45, 2.75) is 39.2 Å². The molecule has 0 heterocycles. The molecule has 2 rings (SSSR count). The van der Waals surface area contributed by atoms with Crippen molar-refractivity contribution >= 4 is 24.7 Å². The van der Waals surface area contributed by atoms with Gasteiger partial charge in [0.2, 0.25) is 0 Å². The number of rotatable bonds is 6.